The van der Waals surface area contributed by atoms with Crippen molar-refractivity contribution >= 4 is 29.7 Å². The van der Waals surface area contributed by atoms with Gasteiger partial charge in [0.05, 0.1) is 6.61 Å². The van der Waals surface area contributed by atoms with E-state index in [4.69, 9.17) is 5.11 Å². The Morgan fingerprint density at radius 3 is 2.00 bits per heavy atom. The first-order valence-corrected chi connectivity index (χ1v) is 4.99. The van der Waals surface area contributed by atoms with E-state index >= 15 is 0 Å². The first-order valence-electron chi connectivity index (χ1n) is 2.85. The minimum Gasteiger partial charge on any atom is -0.392 e. The highest BCUT2D eigenvalue weighted by molar-refractivity contribution is 6.80. The molecule has 1 nitrogen and oxygen atoms in total. The van der Waals surface area contributed by atoms with Crippen LogP contribution in [0.2, 0.25) is 0 Å². The molecular formula is C7H8ClMgO+2. The predicted octanol–water partition coefficient (Wildman–Crippen LogP) is 1.49. The van der Waals surface area contributed by atoms with Crippen LogP contribution in [0, 0.1) is 0 Å². The lowest BCUT2D eigenvalue weighted by molar-refractivity contribution is 0.282. The Morgan fingerprint density at radius 2 is 1.70 bits per heavy atom. The van der Waals surface area contributed by atoms with Gasteiger partial charge in [-0.2, -0.15) is 0 Å². The third-order valence-electron chi connectivity index (χ3n) is 1.03. The summed E-state index contributed by atoms with van der Waals surface area (Å²) in [6.07, 6.45) is 0. The van der Waals surface area contributed by atoms with Crippen LogP contribution >= 0.6 is 9.07 Å². The standard InChI is InChI=1S/C7H8O.ClH.Mg/c8-6-7-4-2-1-3-5-7;;/h1-5,8H,6H2;1H;/q;;+3/p-1. The van der Waals surface area contributed by atoms with E-state index in [1.807, 2.05) is 30.3 Å². The van der Waals surface area contributed by atoms with Crippen molar-refractivity contribution in [2.45, 2.75) is 6.61 Å². The first-order chi connectivity index (χ1) is 4.93. The molecule has 1 N–H and O–H groups in total. The van der Waals surface area contributed by atoms with E-state index in [9.17, 15) is 0 Å². The van der Waals surface area contributed by atoms with Gasteiger partial charge in [0.25, 0.3) is 0 Å². The highest BCUT2D eigenvalue weighted by atomic mass is 35.5. The third kappa shape index (κ3) is 4.12. The molecule has 0 aliphatic heterocycles. The maximum Gasteiger partial charge on any atom is 1.59 e. The number of benzene rings is 1. The molecule has 0 amide bonds. The van der Waals surface area contributed by atoms with Gasteiger partial charge in [-0.05, 0) is 5.56 Å². The van der Waals surface area contributed by atoms with Gasteiger partial charge in [-0.1, -0.05) is 30.3 Å². The Hall–Kier alpha value is 0.236. The van der Waals surface area contributed by atoms with Gasteiger partial charge in [0.15, 0.2) is 0 Å². The number of aliphatic hydroxyl groups excluding tert-OH is 1. The Morgan fingerprint density at radius 1 is 1.20 bits per heavy atom. The number of halogens is 1. The third-order valence-corrected chi connectivity index (χ3v) is 1.03. The summed E-state index contributed by atoms with van der Waals surface area (Å²) in [5.74, 6) is 0. The lowest BCUT2D eigenvalue weighted by atomic mass is 10.2. The second-order valence-electron chi connectivity index (χ2n) is 1.64. The molecule has 0 saturated heterocycles. The van der Waals surface area contributed by atoms with Crippen molar-refractivity contribution in [3.63, 3.8) is 0 Å². The van der Waals surface area contributed by atoms with Crippen LogP contribution in [0.3, 0.4) is 0 Å². The number of hydrogen-bond acceptors (Lipinski definition) is 1. The topological polar surface area (TPSA) is 20.2 Å². The van der Waals surface area contributed by atoms with Crippen molar-refractivity contribution in [2.75, 3.05) is 0 Å². The average Bonchev–Trinajstić information content (AvgIpc) is 2.10. The van der Waals surface area contributed by atoms with Crippen molar-refractivity contribution in [3.8, 4) is 0 Å². The molecule has 0 fully saturated rings. The van der Waals surface area contributed by atoms with E-state index in [1.165, 1.54) is 20.6 Å². The quantitative estimate of drug-likeness (QED) is 0.629. The molecule has 3 heteroatoms. The summed E-state index contributed by atoms with van der Waals surface area (Å²) in [5, 5.41) is 8.54. The van der Waals surface area contributed by atoms with Gasteiger partial charge in [-0.25, -0.2) is 0 Å². The summed E-state index contributed by atoms with van der Waals surface area (Å²) in [4.78, 5) is 0. The Bertz CT molecular complexity index is 155. The molecule has 1 rings (SSSR count). The second kappa shape index (κ2) is 7.34. The summed E-state index contributed by atoms with van der Waals surface area (Å²) in [6.45, 7) is 0.140. The van der Waals surface area contributed by atoms with Crippen LogP contribution in [-0.4, -0.2) is 25.7 Å². The van der Waals surface area contributed by atoms with Crippen molar-refractivity contribution in [2.24, 2.45) is 0 Å². The molecule has 10 heavy (non-hydrogen) atoms. The minimum absolute atomic E-state index is 0.140. The molecule has 0 unspecified atom stereocenters. The van der Waals surface area contributed by atoms with Gasteiger partial charge in [-0.15, -0.1) is 0 Å². The van der Waals surface area contributed by atoms with Crippen molar-refractivity contribution in [1.29, 1.82) is 0 Å². The van der Waals surface area contributed by atoms with E-state index in [1.54, 1.807) is 0 Å². The van der Waals surface area contributed by atoms with Gasteiger partial charge in [0, 0.05) is 0 Å². The molecule has 0 heterocycles. The fraction of sp³-hybridized carbons (Fsp3) is 0.143. The lowest BCUT2D eigenvalue weighted by Crippen LogP contribution is -1.77. The molecule has 0 aromatic heterocycles. The van der Waals surface area contributed by atoms with E-state index < -0.39 is 0 Å². The molecule has 49 valence electrons. The van der Waals surface area contributed by atoms with E-state index in [-0.39, 0.29) is 6.61 Å². The van der Waals surface area contributed by atoms with E-state index in [2.05, 4.69) is 9.07 Å². The zero-order chi connectivity index (χ0) is 7.82. The summed E-state index contributed by atoms with van der Waals surface area (Å²) in [5.41, 5.74) is 0.965. The van der Waals surface area contributed by atoms with Crippen LogP contribution in [0.1, 0.15) is 5.56 Å². The number of rotatable bonds is 1. The summed E-state index contributed by atoms with van der Waals surface area (Å²) >= 11 is 1.33. The smallest absolute Gasteiger partial charge is 0.392 e. The largest absolute Gasteiger partial charge is 1.59 e. The van der Waals surface area contributed by atoms with Crippen LogP contribution in [0.25, 0.3) is 0 Å². The molecule has 1 aromatic carbocycles. The lowest BCUT2D eigenvalue weighted by Gasteiger charge is -1.89. The van der Waals surface area contributed by atoms with Crippen LogP contribution in [0.15, 0.2) is 30.3 Å². The van der Waals surface area contributed by atoms with Crippen LogP contribution in [-0.2, 0) is 6.61 Å². The van der Waals surface area contributed by atoms with Gasteiger partial charge in [0.2, 0.25) is 0 Å². The monoisotopic (exact) mass is 167 g/mol. The minimum atomic E-state index is 0.140. The molecule has 0 saturated carbocycles. The first kappa shape index (κ1) is 10.2. The van der Waals surface area contributed by atoms with Gasteiger partial charge in [-0.3, -0.25) is 0 Å². The maximum atomic E-state index is 8.54. The molecule has 0 spiro atoms. The van der Waals surface area contributed by atoms with Crippen LogP contribution in [0.4, 0.5) is 0 Å². The molecular weight excluding hydrogens is 160 g/mol. The zero-order valence-corrected chi connectivity index (χ0v) is 7.80. The Labute approximate surface area is 77.2 Å². The highest BCUT2D eigenvalue weighted by Crippen LogP contribution is 1.95. The molecule has 0 bridgehead atoms. The fourth-order valence-electron chi connectivity index (χ4n) is 0.583. The molecule has 1 aromatic rings. The van der Waals surface area contributed by atoms with Crippen molar-refractivity contribution in [1.82, 2.24) is 0 Å². The molecule has 0 atom stereocenters. The van der Waals surface area contributed by atoms with Gasteiger partial charge >= 0.3 is 29.7 Å². The van der Waals surface area contributed by atoms with Crippen LogP contribution in [0.5, 0.6) is 0 Å². The van der Waals surface area contributed by atoms with Gasteiger partial charge in [0.1, 0.15) is 0 Å². The summed E-state index contributed by atoms with van der Waals surface area (Å²) in [7, 11) is 4.67. The Kier molecular flexibility index (Phi) is 7.52. The SMILES string of the molecule is OCc1ccccc1.[Mg+2][Cl]. The molecule has 0 aliphatic carbocycles. The van der Waals surface area contributed by atoms with E-state index in [0.717, 1.165) is 5.56 Å². The van der Waals surface area contributed by atoms with E-state index in [0.29, 0.717) is 0 Å². The number of hydrogen-bond donors (Lipinski definition) is 1. The highest BCUT2D eigenvalue weighted by Gasteiger charge is 2.16. The maximum absolute atomic E-state index is 8.54. The number of aliphatic hydroxyl groups is 1. The van der Waals surface area contributed by atoms with Crippen molar-refractivity contribution in [3.05, 3.63) is 35.9 Å². The van der Waals surface area contributed by atoms with Gasteiger partial charge < -0.3 is 5.11 Å². The predicted molar refractivity (Wildman–Crippen MR) is 44.0 cm³/mol. The average molecular weight is 168 g/mol. The van der Waals surface area contributed by atoms with Crippen LogP contribution < -0.4 is 0 Å². The van der Waals surface area contributed by atoms with Crippen molar-refractivity contribution < 1.29 is 5.11 Å². The fourth-order valence-corrected chi connectivity index (χ4v) is 0.583. The Balaban J connectivity index is 0.000000371. The summed E-state index contributed by atoms with van der Waals surface area (Å²) in [6, 6.07) is 9.52. The normalized spacial score (nSPS) is 7.90. The second-order valence-corrected chi connectivity index (χ2v) is 1.64. The summed E-state index contributed by atoms with van der Waals surface area (Å²) < 4.78 is 0. The molecule has 7 radical (unpaired) electrons. The molecule has 0 aliphatic rings. The zero-order valence-electron chi connectivity index (χ0n) is 5.63.